The quantitative estimate of drug-likeness (QED) is 0.802. The third-order valence-corrected chi connectivity index (χ3v) is 2.49. The van der Waals surface area contributed by atoms with Gasteiger partial charge in [0.1, 0.15) is 6.10 Å². The van der Waals surface area contributed by atoms with Gasteiger partial charge in [0.05, 0.1) is 13.2 Å². The van der Waals surface area contributed by atoms with Crippen molar-refractivity contribution in [3.05, 3.63) is 60.7 Å². The summed E-state index contributed by atoms with van der Waals surface area (Å²) in [5.74, 6) is 0. The summed E-state index contributed by atoms with van der Waals surface area (Å²) in [4.78, 5) is 0. The molecule has 1 N–H and O–H groups in total. The highest BCUT2D eigenvalue weighted by atomic mass is 16.6. The summed E-state index contributed by atoms with van der Waals surface area (Å²) in [6.07, 6.45) is 0.190. The minimum atomic E-state index is 0.190. The van der Waals surface area contributed by atoms with Gasteiger partial charge < -0.3 is 9.84 Å². The largest absolute Gasteiger partial charge is 0.394 e. The van der Waals surface area contributed by atoms with E-state index in [9.17, 15) is 0 Å². The van der Waals surface area contributed by atoms with Crippen molar-refractivity contribution >= 4 is 0 Å². The van der Waals surface area contributed by atoms with E-state index in [0.717, 1.165) is 6.61 Å². The summed E-state index contributed by atoms with van der Waals surface area (Å²) in [5, 5.41) is 8.08. The van der Waals surface area contributed by atoms with E-state index in [2.05, 4.69) is 53.3 Å². The van der Waals surface area contributed by atoms with Crippen LogP contribution in [0, 0.1) is 0 Å². The van der Waals surface area contributed by atoms with Crippen LogP contribution in [-0.4, -0.2) is 24.4 Å². The molecule has 2 aromatic carbocycles. The number of epoxide rings is 1. The van der Waals surface area contributed by atoms with Crippen molar-refractivity contribution in [2.24, 2.45) is 0 Å². The molecule has 2 heteroatoms. The number of hydrogen-bond acceptors (Lipinski definition) is 2. The lowest BCUT2D eigenvalue weighted by Crippen LogP contribution is -1.88. The van der Waals surface area contributed by atoms with E-state index in [1.165, 1.54) is 11.1 Å². The first-order valence-corrected chi connectivity index (χ1v) is 5.73. The molecule has 0 spiro atoms. The smallest absolute Gasteiger partial charge is 0.104 e. The zero-order valence-electron chi connectivity index (χ0n) is 9.62. The molecule has 0 radical (unpaired) electrons. The average Bonchev–Trinajstić information content (AvgIpc) is 3.25. The molecule has 0 aromatic heterocycles. The summed E-state index contributed by atoms with van der Waals surface area (Å²) in [6.45, 7) is 0.955. The Hall–Kier alpha value is -1.64. The SMILES string of the molecule is OCC1CO1.c1ccc(-c2ccccc2)cc1. The molecule has 0 amide bonds. The predicted octanol–water partition coefficient (Wildman–Crippen LogP) is 2.73. The molecule has 2 aromatic rings. The molecular formula is C15H16O2. The highest BCUT2D eigenvalue weighted by Gasteiger charge is 2.19. The zero-order chi connectivity index (χ0) is 11.9. The van der Waals surface area contributed by atoms with Crippen molar-refractivity contribution in [2.45, 2.75) is 6.10 Å². The topological polar surface area (TPSA) is 32.8 Å². The normalized spacial score (nSPS) is 16.9. The van der Waals surface area contributed by atoms with Crippen LogP contribution in [0.1, 0.15) is 0 Å². The molecule has 1 heterocycles. The van der Waals surface area contributed by atoms with Gasteiger partial charge in [-0.05, 0) is 11.1 Å². The zero-order valence-corrected chi connectivity index (χ0v) is 9.62. The molecular weight excluding hydrogens is 212 g/mol. The molecule has 1 atom stereocenters. The number of benzene rings is 2. The Morgan fingerprint density at radius 3 is 1.53 bits per heavy atom. The van der Waals surface area contributed by atoms with Crippen molar-refractivity contribution in [2.75, 3.05) is 13.2 Å². The van der Waals surface area contributed by atoms with Crippen LogP contribution in [0.4, 0.5) is 0 Å². The first-order valence-electron chi connectivity index (χ1n) is 5.73. The maximum Gasteiger partial charge on any atom is 0.104 e. The molecule has 3 rings (SSSR count). The molecule has 17 heavy (non-hydrogen) atoms. The lowest BCUT2D eigenvalue weighted by molar-refractivity contribution is 0.244. The maximum absolute atomic E-state index is 8.08. The second-order valence-corrected chi connectivity index (χ2v) is 3.87. The highest BCUT2D eigenvalue weighted by Crippen LogP contribution is 2.17. The van der Waals surface area contributed by atoms with Gasteiger partial charge in [0.2, 0.25) is 0 Å². The molecule has 1 aliphatic rings. The van der Waals surface area contributed by atoms with E-state index < -0.39 is 0 Å². The van der Waals surface area contributed by atoms with Gasteiger partial charge in [-0.1, -0.05) is 60.7 Å². The third-order valence-electron chi connectivity index (χ3n) is 2.49. The molecule has 0 bridgehead atoms. The van der Waals surface area contributed by atoms with Gasteiger partial charge in [-0.15, -0.1) is 0 Å². The van der Waals surface area contributed by atoms with Gasteiger partial charge in [0, 0.05) is 0 Å². The van der Waals surface area contributed by atoms with E-state index >= 15 is 0 Å². The lowest BCUT2D eigenvalue weighted by Gasteiger charge is -1.98. The fourth-order valence-electron chi connectivity index (χ4n) is 1.43. The van der Waals surface area contributed by atoms with Crippen molar-refractivity contribution in [3.8, 4) is 11.1 Å². The first-order chi connectivity index (χ1) is 8.40. The lowest BCUT2D eigenvalue weighted by atomic mass is 10.1. The van der Waals surface area contributed by atoms with E-state index in [4.69, 9.17) is 5.11 Å². The Kier molecular flexibility index (Phi) is 4.30. The maximum atomic E-state index is 8.08. The summed E-state index contributed by atoms with van der Waals surface area (Å²) in [7, 11) is 0. The Morgan fingerprint density at radius 1 is 0.882 bits per heavy atom. The van der Waals surface area contributed by atoms with Crippen molar-refractivity contribution < 1.29 is 9.84 Å². The van der Waals surface area contributed by atoms with Crippen LogP contribution >= 0.6 is 0 Å². The van der Waals surface area contributed by atoms with Crippen LogP contribution in [0.5, 0.6) is 0 Å². The van der Waals surface area contributed by atoms with Crippen LogP contribution in [0.3, 0.4) is 0 Å². The van der Waals surface area contributed by atoms with Gasteiger partial charge in [-0.25, -0.2) is 0 Å². The molecule has 88 valence electrons. The number of rotatable bonds is 2. The van der Waals surface area contributed by atoms with Gasteiger partial charge in [0.25, 0.3) is 0 Å². The molecule has 1 saturated heterocycles. The summed E-state index contributed by atoms with van der Waals surface area (Å²) in [6, 6.07) is 20.8. The van der Waals surface area contributed by atoms with E-state index in [1.807, 2.05) is 12.1 Å². The Labute approximate surface area is 101 Å². The summed E-state index contributed by atoms with van der Waals surface area (Å²) >= 11 is 0. The number of ether oxygens (including phenoxy) is 1. The average molecular weight is 228 g/mol. The van der Waals surface area contributed by atoms with Crippen LogP contribution in [0.25, 0.3) is 11.1 Å². The van der Waals surface area contributed by atoms with E-state index in [1.54, 1.807) is 0 Å². The molecule has 1 fully saturated rings. The first kappa shape index (κ1) is 11.8. The monoisotopic (exact) mass is 228 g/mol. The van der Waals surface area contributed by atoms with Crippen molar-refractivity contribution in [1.82, 2.24) is 0 Å². The van der Waals surface area contributed by atoms with Gasteiger partial charge in [-0.3, -0.25) is 0 Å². The second-order valence-electron chi connectivity index (χ2n) is 3.87. The molecule has 0 aliphatic carbocycles. The van der Waals surface area contributed by atoms with Crippen LogP contribution in [-0.2, 0) is 4.74 Å². The van der Waals surface area contributed by atoms with Crippen LogP contribution in [0.15, 0.2) is 60.7 Å². The standard InChI is InChI=1S/C12H10.C3H6O2/c1-3-7-11(8-4-1)12-9-5-2-6-10-12;4-1-3-2-5-3/h1-10H;3-4H,1-2H2. The van der Waals surface area contributed by atoms with Gasteiger partial charge in [-0.2, -0.15) is 0 Å². The summed E-state index contributed by atoms with van der Waals surface area (Å²) in [5.41, 5.74) is 2.55. The minimum Gasteiger partial charge on any atom is -0.394 e. The predicted molar refractivity (Wildman–Crippen MR) is 68.7 cm³/mol. The third kappa shape index (κ3) is 4.02. The van der Waals surface area contributed by atoms with E-state index in [0.29, 0.717) is 0 Å². The Bertz CT molecular complexity index is 384. The second kappa shape index (κ2) is 6.18. The molecule has 1 aliphatic heterocycles. The van der Waals surface area contributed by atoms with Crippen LogP contribution in [0.2, 0.25) is 0 Å². The van der Waals surface area contributed by atoms with Gasteiger partial charge >= 0.3 is 0 Å². The number of aliphatic hydroxyl groups is 1. The fraction of sp³-hybridized carbons (Fsp3) is 0.200. The fourth-order valence-corrected chi connectivity index (χ4v) is 1.43. The molecule has 0 saturated carbocycles. The van der Waals surface area contributed by atoms with Crippen molar-refractivity contribution in [3.63, 3.8) is 0 Å². The highest BCUT2D eigenvalue weighted by molar-refractivity contribution is 5.62. The summed E-state index contributed by atoms with van der Waals surface area (Å²) < 4.78 is 4.61. The van der Waals surface area contributed by atoms with Crippen LogP contribution < -0.4 is 0 Å². The Morgan fingerprint density at radius 2 is 1.29 bits per heavy atom. The van der Waals surface area contributed by atoms with Gasteiger partial charge in [0.15, 0.2) is 0 Å². The van der Waals surface area contributed by atoms with Crippen molar-refractivity contribution in [1.29, 1.82) is 0 Å². The Balaban J connectivity index is 0.000000181. The minimum absolute atomic E-state index is 0.190. The van der Waals surface area contributed by atoms with E-state index in [-0.39, 0.29) is 12.7 Å². The number of aliphatic hydroxyl groups excluding tert-OH is 1. The number of hydrogen-bond donors (Lipinski definition) is 1. The molecule has 1 unspecified atom stereocenters. The molecule has 2 nitrogen and oxygen atoms in total.